The first kappa shape index (κ1) is 11.5. The van der Waals surface area contributed by atoms with E-state index in [9.17, 15) is 0 Å². The van der Waals surface area contributed by atoms with Crippen LogP contribution in [0.3, 0.4) is 0 Å². The highest BCUT2D eigenvalue weighted by Crippen LogP contribution is 2.13. The summed E-state index contributed by atoms with van der Waals surface area (Å²) in [5.41, 5.74) is 1.19. The summed E-state index contributed by atoms with van der Waals surface area (Å²) in [7, 11) is 4.19. The van der Waals surface area contributed by atoms with Gasteiger partial charge in [-0.1, -0.05) is 15.9 Å². The smallest absolute Gasteiger partial charge is 0.0340 e. The van der Waals surface area contributed by atoms with E-state index in [1.165, 1.54) is 12.1 Å². The summed E-state index contributed by atoms with van der Waals surface area (Å²) in [6.45, 7) is 2.16. The molecule has 1 aromatic carbocycles. The minimum Gasteiger partial charge on any atom is -0.385 e. The van der Waals surface area contributed by atoms with Gasteiger partial charge in [0.1, 0.15) is 0 Å². The standard InChI is InChI=1S/C11H17BrN2/c1-14(2)9-3-8-13-11-6-4-10(12)5-7-11/h4-7,13H,3,8-9H2,1-2H3. The van der Waals surface area contributed by atoms with E-state index in [0.29, 0.717) is 0 Å². The predicted octanol–water partition coefficient (Wildman–Crippen LogP) is 2.81. The molecule has 0 bridgehead atoms. The summed E-state index contributed by atoms with van der Waals surface area (Å²) in [5, 5.41) is 3.38. The predicted molar refractivity (Wildman–Crippen MR) is 65.8 cm³/mol. The topological polar surface area (TPSA) is 15.3 Å². The molecule has 0 aliphatic heterocycles. The van der Waals surface area contributed by atoms with Crippen LogP contribution in [-0.2, 0) is 0 Å². The highest BCUT2D eigenvalue weighted by Gasteiger charge is 1.92. The molecule has 0 spiro atoms. The fraction of sp³-hybridized carbons (Fsp3) is 0.455. The lowest BCUT2D eigenvalue weighted by atomic mass is 10.3. The van der Waals surface area contributed by atoms with E-state index in [-0.39, 0.29) is 0 Å². The number of halogens is 1. The number of hydrogen-bond donors (Lipinski definition) is 1. The molecule has 1 N–H and O–H groups in total. The van der Waals surface area contributed by atoms with Gasteiger partial charge >= 0.3 is 0 Å². The van der Waals surface area contributed by atoms with Gasteiger partial charge in [0.05, 0.1) is 0 Å². The maximum Gasteiger partial charge on any atom is 0.0340 e. The molecule has 0 atom stereocenters. The van der Waals surface area contributed by atoms with Crippen molar-refractivity contribution in [1.29, 1.82) is 0 Å². The summed E-state index contributed by atoms with van der Waals surface area (Å²) >= 11 is 3.41. The lowest BCUT2D eigenvalue weighted by Crippen LogP contribution is -2.16. The van der Waals surface area contributed by atoms with E-state index in [1.807, 2.05) is 12.1 Å². The quantitative estimate of drug-likeness (QED) is 0.816. The molecule has 0 aromatic heterocycles. The van der Waals surface area contributed by atoms with Gasteiger partial charge in [-0.3, -0.25) is 0 Å². The Labute approximate surface area is 94.4 Å². The Morgan fingerprint density at radius 2 is 1.86 bits per heavy atom. The van der Waals surface area contributed by atoms with E-state index < -0.39 is 0 Å². The van der Waals surface area contributed by atoms with Crippen molar-refractivity contribution in [3.05, 3.63) is 28.7 Å². The van der Waals surface area contributed by atoms with Crippen LogP contribution < -0.4 is 5.32 Å². The Bertz CT molecular complexity index is 256. The molecule has 0 saturated heterocycles. The van der Waals surface area contributed by atoms with E-state index in [4.69, 9.17) is 0 Å². The largest absolute Gasteiger partial charge is 0.385 e. The Kier molecular flexibility index (Phi) is 4.98. The van der Waals surface area contributed by atoms with Gasteiger partial charge in [-0.05, 0) is 51.3 Å². The molecule has 0 saturated carbocycles. The van der Waals surface area contributed by atoms with Crippen LogP contribution in [0.15, 0.2) is 28.7 Å². The molecule has 1 aromatic rings. The number of rotatable bonds is 5. The van der Waals surface area contributed by atoms with Crippen molar-refractivity contribution in [2.24, 2.45) is 0 Å². The lowest BCUT2D eigenvalue weighted by molar-refractivity contribution is 0.405. The minimum atomic E-state index is 1.03. The monoisotopic (exact) mass is 256 g/mol. The Hall–Kier alpha value is -0.540. The van der Waals surface area contributed by atoms with Crippen LogP contribution in [0.25, 0.3) is 0 Å². The molecular formula is C11H17BrN2. The van der Waals surface area contributed by atoms with E-state index >= 15 is 0 Å². The van der Waals surface area contributed by atoms with Crippen LogP contribution in [0.2, 0.25) is 0 Å². The average Bonchev–Trinajstić information content (AvgIpc) is 2.15. The zero-order valence-corrected chi connectivity index (χ0v) is 10.3. The molecular weight excluding hydrogens is 240 g/mol. The maximum absolute atomic E-state index is 3.41. The van der Waals surface area contributed by atoms with Crippen molar-refractivity contribution in [1.82, 2.24) is 4.90 Å². The number of nitrogens with zero attached hydrogens (tertiary/aromatic N) is 1. The third-order valence-corrected chi connectivity index (χ3v) is 2.48. The molecule has 0 fully saturated rings. The molecule has 0 amide bonds. The summed E-state index contributed by atoms with van der Waals surface area (Å²) < 4.78 is 1.12. The van der Waals surface area contributed by atoms with Gasteiger partial charge in [0.2, 0.25) is 0 Å². The van der Waals surface area contributed by atoms with Crippen molar-refractivity contribution in [2.75, 3.05) is 32.5 Å². The molecule has 0 aliphatic carbocycles. The van der Waals surface area contributed by atoms with Gasteiger partial charge < -0.3 is 10.2 Å². The Morgan fingerprint density at radius 3 is 2.43 bits per heavy atom. The van der Waals surface area contributed by atoms with Gasteiger partial charge in [0.15, 0.2) is 0 Å². The number of benzene rings is 1. The number of anilines is 1. The first-order chi connectivity index (χ1) is 6.68. The molecule has 0 unspecified atom stereocenters. The Balaban J connectivity index is 2.21. The highest BCUT2D eigenvalue weighted by molar-refractivity contribution is 9.10. The van der Waals surface area contributed by atoms with Gasteiger partial charge in [-0.15, -0.1) is 0 Å². The summed E-state index contributed by atoms with van der Waals surface area (Å²) in [5.74, 6) is 0. The second kappa shape index (κ2) is 6.04. The lowest BCUT2D eigenvalue weighted by Gasteiger charge is -2.10. The van der Waals surface area contributed by atoms with Crippen LogP contribution in [0.1, 0.15) is 6.42 Å². The van der Waals surface area contributed by atoms with Gasteiger partial charge in [0.25, 0.3) is 0 Å². The zero-order valence-electron chi connectivity index (χ0n) is 8.76. The van der Waals surface area contributed by atoms with Gasteiger partial charge in [0, 0.05) is 16.7 Å². The van der Waals surface area contributed by atoms with Crippen LogP contribution in [-0.4, -0.2) is 32.1 Å². The van der Waals surface area contributed by atoms with E-state index in [2.05, 4.69) is 52.4 Å². The first-order valence-corrected chi connectivity index (χ1v) is 5.62. The highest BCUT2D eigenvalue weighted by atomic mass is 79.9. The van der Waals surface area contributed by atoms with Crippen molar-refractivity contribution in [3.8, 4) is 0 Å². The van der Waals surface area contributed by atoms with Crippen molar-refractivity contribution in [2.45, 2.75) is 6.42 Å². The van der Waals surface area contributed by atoms with Crippen LogP contribution in [0, 0.1) is 0 Å². The second-order valence-corrected chi connectivity index (χ2v) is 4.51. The first-order valence-electron chi connectivity index (χ1n) is 4.82. The summed E-state index contributed by atoms with van der Waals surface area (Å²) in [6.07, 6.45) is 1.17. The molecule has 0 heterocycles. The van der Waals surface area contributed by atoms with Crippen molar-refractivity contribution >= 4 is 21.6 Å². The maximum atomic E-state index is 3.41. The van der Waals surface area contributed by atoms with Gasteiger partial charge in [-0.2, -0.15) is 0 Å². The minimum absolute atomic E-state index is 1.03. The molecule has 14 heavy (non-hydrogen) atoms. The molecule has 0 aliphatic rings. The van der Waals surface area contributed by atoms with Crippen LogP contribution >= 0.6 is 15.9 Å². The Morgan fingerprint density at radius 1 is 1.21 bits per heavy atom. The van der Waals surface area contributed by atoms with Gasteiger partial charge in [-0.25, -0.2) is 0 Å². The second-order valence-electron chi connectivity index (χ2n) is 3.59. The third-order valence-electron chi connectivity index (χ3n) is 1.96. The molecule has 1 rings (SSSR count). The fourth-order valence-corrected chi connectivity index (χ4v) is 1.46. The molecule has 0 radical (unpaired) electrons. The average molecular weight is 257 g/mol. The SMILES string of the molecule is CN(C)CCCNc1ccc(Br)cc1. The molecule has 3 heteroatoms. The normalized spacial score (nSPS) is 10.6. The zero-order chi connectivity index (χ0) is 10.4. The van der Waals surface area contributed by atoms with Crippen molar-refractivity contribution in [3.63, 3.8) is 0 Å². The van der Waals surface area contributed by atoms with E-state index in [0.717, 1.165) is 17.6 Å². The number of hydrogen-bond acceptors (Lipinski definition) is 2. The van der Waals surface area contributed by atoms with Crippen LogP contribution in [0.4, 0.5) is 5.69 Å². The summed E-state index contributed by atoms with van der Waals surface area (Å²) in [6, 6.07) is 8.27. The van der Waals surface area contributed by atoms with E-state index in [1.54, 1.807) is 0 Å². The third kappa shape index (κ3) is 4.63. The number of nitrogens with one attached hydrogen (secondary N) is 1. The van der Waals surface area contributed by atoms with Crippen molar-refractivity contribution < 1.29 is 0 Å². The molecule has 2 nitrogen and oxygen atoms in total. The fourth-order valence-electron chi connectivity index (χ4n) is 1.20. The van der Waals surface area contributed by atoms with Crippen LogP contribution in [0.5, 0.6) is 0 Å². The summed E-state index contributed by atoms with van der Waals surface area (Å²) in [4.78, 5) is 2.20. The molecule has 78 valence electrons.